The molecule has 0 bridgehead atoms. The van der Waals surface area contributed by atoms with Crippen LogP contribution < -0.4 is 9.47 Å². The number of aromatic nitrogens is 1. The highest BCUT2D eigenvalue weighted by molar-refractivity contribution is 7.09. The van der Waals surface area contributed by atoms with E-state index in [1.165, 1.54) is 0 Å². The number of rotatable bonds is 7. The zero-order chi connectivity index (χ0) is 18.4. The van der Waals surface area contributed by atoms with Crippen molar-refractivity contribution in [2.45, 2.75) is 26.4 Å². The smallest absolute Gasteiger partial charge is 0.254 e. The minimum Gasteiger partial charge on any atom is -0.490 e. The van der Waals surface area contributed by atoms with Crippen LogP contribution in [0.25, 0.3) is 0 Å². The number of hydrogen-bond donors (Lipinski definition) is 0. The Morgan fingerprint density at radius 1 is 1.35 bits per heavy atom. The van der Waals surface area contributed by atoms with Crippen LogP contribution in [0.5, 0.6) is 11.5 Å². The van der Waals surface area contributed by atoms with Crippen LogP contribution in [0.2, 0.25) is 0 Å². The number of ether oxygens (including phenoxy) is 3. The predicted molar refractivity (Wildman–Crippen MR) is 100 cm³/mol. The van der Waals surface area contributed by atoms with Crippen LogP contribution in [0, 0.1) is 0 Å². The Balaban J connectivity index is 1.74. The summed E-state index contributed by atoms with van der Waals surface area (Å²) in [6, 6.07) is 5.38. The average molecular weight is 376 g/mol. The molecule has 1 amide bonds. The van der Waals surface area contributed by atoms with E-state index >= 15 is 0 Å². The van der Waals surface area contributed by atoms with Gasteiger partial charge in [0.15, 0.2) is 11.5 Å². The first-order valence-electron chi connectivity index (χ1n) is 8.92. The van der Waals surface area contributed by atoms with E-state index < -0.39 is 0 Å². The summed E-state index contributed by atoms with van der Waals surface area (Å²) in [5.41, 5.74) is 0.595. The third-order valence-corrected chi connectivity index (χ3v) is 4.90. The molecule has 1 aromatic heterocycles. The van der Waals surface area contributed by atoms with Crippen molar-refractivity contribution < 1.29 is 19.0 Å². The number of hydrogen-bond acceptors (Lipinski definition) is 6. The molecule has 140 valence electrons. The monoisotopic (exact) mass is 376 g/mol. The lowest BCUT2D eigenvalue weighted by molar-refractivity contribution is -0.0229. The van der Waals surface area contributed by atoms with E-state index in [2.05, 4.69) is 11.9 Å². The van der Waals surface area contributed by atoms with Gasteiger partial charge >= 0.3 is 0 Å². The summed E-state index contributed by atoms with van der Waals surface area (Å²) in [5.74, 6) is 1.25. The Morgan fingerprint density at radius 3 is 2.96 bits per heavy atom. The first-order chi connectivity index (χ1) is 12.7. The molecular weight excluding hydrogens is 352 g/mol. The van der Waals surface area contributed by atoms with E-state index in [0.29, 0.717) is 50.0 Å². The first-order valence-corrected chi connectivity index (χ1v) is 9.80. The van der Waals surface area contributed by atoms with Crippen LogP contribution in [-0.2, 0) is 4.74 Å². The normalized spacial score (nSPS) is 17.2. The lowest BCUT2D eigenvalue weighted by Crippen LogP contribution is -2.42. The van der Waals surface area contributed by atoms with Gasteiger partial charge in [-0.15, -0.1) is 11.3 Å². The topological polar surface area (TPSA) is 60.9 Å². The minimum absolute atomic E-state index is 0.0298. The van der Waals surface area contributed by atoms with E-state index in [1.54, 1.807) is 29.7 Å². The maximum absolute atomic E-state index is 13.0. The molecule has 1 aliphatic heterocycles. The molecule has 1 aromatic carbocycles. The summed E-state index contributed by atoms with van der Waals surface area (Å²) in [6.45, 7) is 6.68. The second-order valence-electron chi connectivity index (χ2n) is 5.92. The fourth-order valence-corrected chi connectivity index (χ4v) is 3.48. The van der Waals surface area contributed by atoms with E-state index in [0.717, 1.165) is 11.4 Å². The lowest BCUT2D eigenvalue weighted by Gasteiger charge is -2.32. The number of benzene rings is 1. The van der Waals surface area contributed by atoms with Gasteiger partial charge in [0.05, 0.1) is 26.4 Å². The molecule has 2 aromatic rings. The summed E-state index contributed by atoms with van der Waals surface area (Å²) < 4.78 is 17.1. The van der Waals surface area contributed by atoms with Crippen LogP contribution in [0.1, 0.15) is 41.7 Å². The molecule has 0 radical (unpaired) electrons. The number of carbonyl (C=O) groups is 1. The Bertz CT molecular complexity index is 720. The third kappa shape index (κ3) is 4.34. The van der Waals surface area contributed by atoms with Gasteiger partial charge in [0.2, 0.25) is 0 Å². The van der Waals surface area contributed by atoms with Crippen molar-refractivity contribution in [1.29, 1.82) is 0 Å². The summed E-state index contributed by atoms with van der Waals surface area (Å²) in [6.07, 6.45) is 2.51. The molecule has 26 heavy (non-hydrogen) atoms. The summed E-state index contributed by atoms with van der Waals surface area (Å²) >= 11 is 1.55. The van der Waals surface area contributed by atoms with Crippen molar-refractivity contribution in [3.63, 3.8) is 0 Å². The molecular formula is C19H24N2O4S. The maximum Gasteiger partial charge on any atom is 0.254 e. The molecule has 1 fully saturated rings. The molecule has 1 atom stereocenters. The van der Waals surface area contributed by atoms with Crippen molar-refractivity contribution in [3.05, 3.63) is 40.3 Å². The minimum atomic E-state index is -0.161. The second kappa shape index (κ2) is 9.00. The van der Waals surface area contributed by atoms with Crippen LogP contribution >= 0.6 is 11.3 Å². The predicted octanol–water partition coefficient (Wildman–Crippen LogP) is 3.54. The first kappa shape index (κ1) is 18.7. The molecule has 0 saturated carbocycles. The maximum atomic E-state index is 13.0. The third-order valence-electron chi connectivity index (χ3n) is 4.03. The highest BCUT2D eigenvalue weighted by atomic mass is 32.1. The average Bonchev–Trinajstić information content (AvgIpc) is 3.21. The van der Waals surface area contributed by atoms with Crippen LogP contribution in [-0.4, -0.2) is 48.7 Å². The fraction of sp³-hybridized carbons (Fsp3) is 0.474. The van der Waals surface area contributed by atoms with Gasteiger partial charge in [-0.2, -0.15) is 0 Å². The van der Waals surface area contributed by atoms with Crippen molar-refractivity contribution >= 4 is 17.2 Å². The largest absolute Gasteiger partial charge is 0.490 e. The van der Waals surface area contributed by atoms with Crippen molar-refractivity contribution in [3.8, 4) is 11.5 Å². The van der Waals surface area contributed by atoms with Crippen LogP contribution in [0.15, 0.2) is 29.8 Å². The summed E-state index contributed by atoms with van der Waals surface area (Å²) in [4.78, 5) is 19.1. The molecule has 3 rings (SSSR count). The van der Waals surface area contributed by atoms with E-state index in [9.17, 15) is 4.79 Å². The highest BCUT2D eigenvalue weighted by Gasteiger charge is 2.28. The van der Waals surface area contributed by atoms with Crippen molar-refractivity contribution in [2.24, 2.45) is 0 Å². The highest BCUT2D eigenvalue weighted by Crippen LogP contribution is 2.30. The number of thiazole rings is 1. The zero-order valence-electron chi connectivity index (χ0n) is 15.1. The van der Waals surface area contributed by atoms with Gasteiger partial charge in [-0.25, -0.2) is 4.98 Å². The zero-order valence-corrected chi connectivity index (χ0v) is 16.0. The fourth-order valence-electron chi connectivity index (χ4n) is 2.80. The number of nitrogens with zero attached hydrogens (tertiary/aromatic N) is 2. The number of carbonyl (C=O) groups excluding carboxylic acids is 1. The number of morpholine rings is 1. The van der Waals surface area contributed by atoms with E-state index in [1.807, 2.05) is 23.3 Å². The Morgan fingerprint density at radius 2 is 2.23 bits per heavy atom. The standard InChI is InChI=1S/C19H24N2O4S/c1-3-9-24-15-6-5-14(12-16(15)23-4-2)19(22)21-8-10-25-17(13-21)18-20-7-11-26-18/h5-7,11-12,17H,3-4,8-10,13H2,1-2H3. The van der Waals surface area contributed by atoms with Crippen molar-refractivity contribution in [2.75, 3.05) is 32.9 Å². The molecule has 1 aliphatic rings. The summed E-state index contributed by atoms with van der Waals surface area (Å²) in [5, 5.41) is 2.82. The van der Waals surface area contributed by atoms with Gasteiger partial charge in [-0.1, -0.05) is 6.92 Å². The molecule has 1 saturated heterocycles. The van der Waals surface area contributed by atoms with Gasteiger partial charge in [0.1, 0.15) is 11.1 Å². The van der Waals surface area contributed by atoms with Crippen LogP contribution in [0.3, 0.4) is 0 Å². The van der Waals surface area contributed by atoms with E-state index in [-0.39, 0.29) is 12.0 Å². The second-order valence-corrected chi connectivity index (χ2v) is 6.85. The molecule has 1 unspecified atom stereocenters. The quantitative estimate of drug-likeness (QED) is 0.740. The molecule has 6 nitrogen and oxygen atoms in total. The van der Waals surface area contributed by atoms with Gasteiger partial charge in [-0.3, -0.25) is 4.79 Å². The number of amides is 1. The summed E-state index contributed by atoms with van der Waals surface area (Å²) in [7, 11) is 0. The molecule has 0 N–H and O–H groups in total. The van der Waals surface area contributed by atoms with Gasteiger partial charge < -0.3 is 19.1 Å². The van der Waals surface area contributed by atoms with Gasteiger partial charge in [0.25, 0.3) is 5.91 Å². The molecule has 7 heteroatoms. The van der Waals surface area contributed by atoms with Crippen molar-refractivity contribution in [1.82, 2.24) is 9.88 Å². The van der Waals surface area contributed by atoms with Crippen LogP contribution in [0.4, 0.5) is 0 Å². The SMILES string of the molecule is CCCOc1ccc(C(=O)N2CCOC(c3nccs3)C2)cc1OCC. The Labute approximate surface area is 157 Å². The van der Waals surface area contributed by atoms with Gasteiger partial charge in [0, 0.05) is 23.7 Å². The molecule has 0 aliphatic carbocycles. The molecule has 2 heterocycles. The lowest BCUT2D eigenvalue weighted by atomic mass is 10.1. The van der Waals surface area contributed by atoms with Gasteiger partial charge in [-0.05, 0) is 31.5 Å². The molecule has 0 spiro atoms. The van der Waals surface area contributed by atoms with E-state index in [4.69, 9.17) is 14.2 Å². The Kier molecular flexibility index (Phi) is 6.46. The Hall–Kier alpha value is -2.12.